The topological polar surface area (TPSA) is 66.9 Å². The summed E-state index contributed by atoms with van der Waals surface area (Å²) in [6.45, 7) is 4.34. The Hall–Kier alpha value is -2.52. The first-order chi connectivity index (χ1) is 14.3. The van der Waals surface area contributed by atoms with E-state index in [1.165, 1.54) is 15.3 Å². The first-order valence-corrected chi connectivity index (χ1v) is 11.2. The quantitative estimate of drug-likeness (QED) is 0.665. The van der Waals surface area contributed by atoms with Gasteiger partial charge in [-0.2, -0.15) is 4.31 Å². The Kier molecular flexibility index (Phi) is 6.72. The average molecular weight is 438 g/mol. The Bertz CT molecular complexity index is 1040. The molecule has 6 nitrogen and oxygen atoms in total. The zero-order chi connectivity index (χ0) is 21.9. The molecule has 0 spiro atoms. The van der Waals surface area contributed by atoms with Crippen molar-refractivity contribution in [2.45, 2.75) is 31.6 Å². The fourth-order valence-electron chi connectivity index (χ4n) is 3.52. The van der Waals surface area contributed by atoms with Crippen LogP contribution >= 0.6 is 0 Å². The van der Waals surface area contributed by atoms with Crippen molar-refractivity contribution in [3.05, 3.63) is 53.6 Å². The molecule has 0 N–H and O–H groups in total. The number of benzene rings is 2. The van der Waals surface area contributed by atoms with Gasteiger partial charge < -0.3 is 9.64 Å². The monoisotopic (exact) mass is 438 g/mol. The molecule has 0 fully saturated rings. The molecule has 1 aliphatic heterocycles. The lowest BCUT2D eigenvalue weighted by Crippen LogP contribution is -2.39. The normalized spacial score (nSPS) is 14.0. The van der Waals surface area contributed by atoms with E-state index >= 15 is 0 Å². The maximum atomic E-state index is 13.7. The second kappa shape index (κ2) is 9.09. The maximum absolute atomic E-state index is 13.7. The van der Waals surface area contributed by atoms with Crippen LogP contribution in [0.1, 0.15) is 25.8 Å². The minimum Gasteiger partial charge on any atom is -0.481 e. The van der Waals surface area contributed by atoms with Gasteiger partial charge in [0.25, 0.3) is 5.91 Å². The number of ether oxygens (including phenoxy) is 1. The first-order valence-electron chi connectivity index (χ1n) is 9.79. The van der Waals surface area contributed by atoms with E-state index in [2.05, 4.69) is 0 Å². The number of nitrogens with zero attached hydrogens (tertiary/aromatic N) is 2. The minimum absolute atomic E-state index is 0.198. The lowest BCUT2D eigenvalue weighted by atomic mass is 10.0. The van der Waals surface area contributed by atoms with Crippen LogP contribution in [-0.4, -0.2) is 44.9 Å². The van der Waals surface area contributed by atoms with Gasteiger partial charge in [0, 0.05) is 31.4 Å². The number of amides is 1. The molecular weight excluding hydrogens is 414 g/mol. The zero-order valence-electron chi connectivity index (χ0n) is 16.9. The molecule has 3 rings (SSSR count). The van der Waals surface area contributed by atoms with Crippen molar-refractivity contribution < 1.29 is 26.7 Å². The fourth-order valence-corrected chi connectivity index (χ4v) is 5.02. The summed E-state index contributed by atoms with van der Waals surface area (Å²) in [5.74, 6) is -2.21. The molecule has 1 heterocycles. The molecule has 0 aliphatic carbocycles. The molecule has 0 saturated heterocycles. The van der Waals surface area contributed by atoms with Gasteiger partial charge in [-0.3, -0.25) is 4.79 Å². The minimum atomic E-state index is -3.59. The van der Waals surface area contributed by atoms with E-state index < -0.39 is 28.3 Å². The number of anilines is 1. The first kappa shape index (κ1) is 22.2. The summed E-state index contributed by atoms with van der Waals surface area (Å²) < 4.78 is 58.9. The highest BCUT2D eigenvalue weighted by Crippen LogP contribution is 2.30. The van der Waals surface area contributed by atoms with Crippen molar-refractivity contribution in [1.82, 2.24) is 4.31 Å². The van der Waals surface area contributed by atoms with Crippen LogP contribution in [0.15, 0.2) is 41.3 Å². The third kappa shape index (κ3) is 4.46. The summed E-state index contributed by atoms with van der Waals surface area (Å²) in [5.41, 5.74) is 1.38. The molecule has 0 unspecified atom stereocenters. The predicted molar refractivity (Wildman–Crippen MR) is 109 cm³/mol. The Balaban J connectivity index is 1.79. The van der Waals surface area contributed by atoms with Crippen LogP contribution in [0.2, 0.25) is 0 Å². The van der Waals surface area contributed by atoms with Crippen molar-refractivity contribution in [2.24, 2.45) is 0 Å². The molecule has 1 aliphatic rings. The van der Waals surface area contributed by atoms with E-state index in [4.69, 9.17) is 4.74 Å². The summed E-state index contributed by atoms with van der Waals surface area (Å²) in [6, 6.07) is 7.61. The Labute approximate surface area is 175 Å². The van der Waals surface area contributed by atoms with Gasteiger partial charge in [0.2, 0.25) is 10.0 Å². The van der Waals surface area contributed by atoms with Crippen molar-refractivity contribution >= 4 is 21.6 Å². The van der Waals surface area contributed by atoms with Crippen molar-refractivity contribution in [3.63, 3.8) is 0 Å². The molecule has 30 heavy (non-hydrogen) atoms. The molecular formula is C21H24F2N2O4S. The van der Waals surface area contributed by atoms with Crippen molar-refractivity contribution in [2.75, 3.05) is 31.1 Å². The number of hydrogen-bond acceptors (Lipinski definition) is 4. The van der Waals surface area contributed by atoms with Crippen LogP contribution in [0.4, 0.5) is 14.5 Å². The van der Waals surface area contributed by atoms with E-state index in [1.54, 1.807) is 26.0 Å². The van der Waals surface area contributed by atoms with E-state index in [9.17, 15) is 22.0 Å². The third-order valence-electron chi connectivity index (χ3n) is 5.06. The summed E-state index contributed by atoms with van der Waals surface area (Å²) in [7, 11) is -3.59. The molecule has 2 aromatic carbocycles. The van der Waals surface area contributed by atoms with E-state index in [0.717, 1.165) is 17.7 Å². The number of hydrogen-bond donors (Lipinski definition) is 0. The smallest absolute Gasteiger partial charge is 0.264 e. The highest BCUT2D eigenvalue weighted by molar-refractivity contribution is 7.89. The number of halogens is 2. The fraction of sp³-hybridized carbons (Fsp3) is 0.381. The molecule has 0 radical (unpaired) electrons. The Morgan fingerprint density at radius 1 is 1.13 bits per heavy atom. The van der Waals surface area contributed by atoms with E-state index in [0.29, 0.717) is 44.2 Å². The molecule has 0 bridgehead atoms. The van der Waals surface area contributed by atoms with Crippen LogP contribution in [-0.2, 0) is 21.2 Å². The number of carbonyl (C=O) groups excluding carboxylic acids is 1. The zero-order valence-corrected chi connectivity index (χ0v) is 17.7. The number of fused-ring (bicyclic) bond motifs is 1. The van der Waals surface area contributed by atoms with Crippen LogP contribution in [0.3, 0.4) is 0 Å². The standard InChI is InChI=1S/C21H24F2N2O4S/c1-3-24(4-2)30(27,28)17-8-9-19-15(12-17)6-5-11-25(19)21(26)14-29-20-10-7-16(22)13-18(20)23/h7-10,12-13H,3-6,11,14H2,1-2H3. The summed E-state index contributed by atoms with van der Waals surface area (Å²) in [4.78, 5) is 14.4. The summed E-state index contributed by atoms with van der Waals surface area (Å²) in [5, 5.41) is 0. The molecule has 9 heteroatoms. The van der Waals surface area contributed by atoms with Gasteiger partial charge in [-0.15, -0.1) is 0 Å². The van der Waals surface area contributed by atoms with Gasteiger partial charge in [0.15, 0.2) is 18.2 Å². The lowest BCUT2D eigenvalue weighted by molar-refractivity contribution is -0.120. The second-order valence-corrected chi connectivity index (χ2v) is 8.83. The Morgan fingerprint density at radius 2 is 1.87 bits per heavy atom. The molecule has 0 aromatic heterocycles. The van der Waals surface area contributed by atoms with Gasteiger partial charge >= 0.3 is 0 Å². The number of aryl methyl sites for hydroxylation is 1. The second-order valence-electron chi connectivity index (χ2n) is 6.89. The van der Waals surface area contributed by atoms with Gasteiger partial charge in [0.05, 0.1) is 4.90 Å². The highest BCUT2D eigenvalue weighted by Gasteiger charge is 2.27. The average Bonchev–Trinajstić information content (AvgIpc) is 2.72. The summed E-state index contributed by atoms with van der Waals surface area (Å²) >= 11 is 0. The van der Waals surface area contributed by atoms with Crippen LogP contribution in [0, 0.1) is 11.6 Å². The van der Waals surface area contributed by atoms with Crippen LogP contribution in [0.25, 0.3) is 0 Å². The van der Waals surface area contributed by atoms with Gasteiger partial charge in [0.1, 0.15) is 5.82 Å². The number of rotatable bonds is 7. The molecule has 2 aromatic rings. The highest BCUT2D eigenvalue weighted by atomic mass is 32.2. The largest absolute Gasteiger partial charge is 0.481 e. The van der Waals surface area contributed by atoms with E-state index in [-0.39, 0.29) is 16.6 Å². The van der Waals surface area contributed by atoms with Gasteiger partial charge in [-0.1, -0.05) is 13.8 Å². The number of sulfonamides is 1. The van der Waals surface area contributed by atoms with Crippen molar-refractivity contribution in [3.8, 4) is 5.75 Å². The predicted octanol–water partition coefficient (Wildman–Crippen LogP) is 3.35. The molecule has 0 atom stereocenters. The summed E-state index contributed by atoms with van der Waals surface area (Å²) in [6.07, 6.45) is 1.31. The SMILES string of the molecule is CCN(CC)S(=O)(=O)c1ccc2c(c1)CCCN2C(=O)COc1ccc(F)cc1F. The van der Waals surface area contributed by atoms with Crippen LogP contribution < -0.4 is 9.64 Å². The van der Waals surface area contributed by atoms with Gasteiger partial charge in [-0.05, 0) is 48.7 Å². The lowest BCUT2D eigenvalue weighted by Gasteiger charge is -2.30. The number of carbonyl (C=O) groups is 1. The molecule has 0 saturated carbocycles. The van der Waals surface area contributed by atoms with Crippen molar-refractivity contribution in [1.29, 1.82) is 0 Å². The Morgan fingerprint density at radius 3 is 2.53 bits per heavy atom. The van der Waals surface area contributed by atoms with Crippen LogP contribution in [0.5, 0.6) is 5.75 Å². The molecule has 1 amide bonds. The third-order valence-corrected chi connectivity index (χ3v) is 7.10. The van der Waals surface area contributed by atoms with Gasteiger partial charge in [-0.25, -0.2) is 17.2 Å². The molecule has 162 valence electrons. The maximum Gasteiger partial charge on any atom is 0.264 e. The van der Waals surface area contributed by atoms with E-state index in [1.807, 2.05) is 0 Å².